The first kappa shape index (κ1) is 20.8. The van der Waals surface area contributed by atoms with Crippen molar-refractivity contribution >= 4 is 17.5 Å². The normalized spacial score (nSPS) is 23.9. The summed E-state index contributed by atoms with van der Waals surface area (Å²) in [6.07, 6.45) is 0.259. The second kappa shape index (κ2) is 7.22. The van der Waals surface area contributed by atoms with Gasteiger partial charge < -0.3 is 9.80 Å². The average Bonchev–Trinajstić information content (AvgIpc) is 3.50. The Morgan fingerprint density at radius 1 is 1.25 bits per heavy atom. The maximum Gasteiger partial charge on any atom is 0.419 e. The fourth-order valence-electron chi connectivity index (χ4n) is 4.78. The summed E-state index contributed by atoms with van der Waals surface area (Å²) in [6.45, 7) is 2.59. The van der Waals surface area contributed by atoms with Crippen LogP contribution < -0.4 is 0 Å². The quantitative estimate of drug-likeness (QED) is 0.727. The lowest BCUT2D eigenvalue weighted by molar-refractivity contribution is -0.140. The fourth-order valence-corrected chi connectivity index (χ4v) is 4.78. The Morgan fingerprint density at radius 2 is 1.97 bits per heavy atom. The first-order chi connectivity index (χ1) is 15.2. The number of pyridine rings is 1. The summed E-state index contributed by atoms with van der Waals surface area (Å²) >= 11 is 0. The van der Waals surface area contributed by atoms with Crippen LogP contribution in [0.1, 0.15) is 65.8 Å². The fraction of sp³-hybridized carbons (Fsp3) is 0.545. The molecule has 3 aliphatic rings. The number of imidazole rings is 1. The third kappa shape index (κ3) is 3.40. The smallest absolute Gasteiger partial charge is 0.336 e. The van der Waals surface area contributed by atoms with Crippen LogP contribution in [0, 0.1) is 17.2 Å². The monoisotopic (exact) mass is 445 g/mol. The van der Waals surface area contributed by atoms with Crippen LogP contribution in [0.5, 0.6) is 0 Å². The highest BCUT2D eigenvalue weighted by molar-refractivity contribution is 5.98. The molecule has 2 aromatic rings. The molecule has 32 heavy (non-hydrogen) atoms. The summed E-state index contributed by atoms with van der Waals surface area (Å²) in [5.74, 6) is -0.280. The molecule has 3 heterocycles. The predicted molar refractivity (Wildman–Crippen MR) is 107 cm³/mol. The van der Waals surface area contributed by atoms with Crippen molar-refractivity contribution in [1.82, 2.24) is 19.2 Å². The standard InChI is InChI=1S/C22H22F3N5O2/c1-12-6-15(7-12)29-5-4-28(11-18(29)31)21(32)19-17(9-26)30-10-14(13-2-3-13)8-16(20(30)27-19)22(23,24)25/h8,10,12-13,15H,2-7,11H2,1H3/t12-,15+. The van der Waals surface area contributed by atoms with Gasteiger partial charge in [0.15, 0.2) is 17.0 Å². The maximum absolute atomic E-state index is 13.7. The minimum Gasteiger partial charge on any atom is -0.336 e. The molecule has 0 bridgehead atoms. The molecule has 1 aliphatic heterocycles. The Kier molecular flexibility index (Phi) is 4.69. The number of alkyl halides is 3. The van der Waals surface area contributed by atoms with E-state index in [1.165, 1.54) is 11.1 Å². The van der Waals surface area contributed by atoms with Crippen molar-refractivity contribution in [2.24, 2.45) is 5.92 Å². The Hall–Kier alpha value is -3.09. The molecule has 168 valence electrons. The third-order valence-electron chi connectivity index (χ3n) is 6.74. The van der Waals surface area contributed by atoms with E-state index in [0.717, 1.165) is 36.2 Å². The maximum atomic E-state index is 13.7. The van der Waals surface area contributed by atoms with E-state index in [2.05, 4.69) is 11.9 Å². The van der Waals surface area contributed by atoms with Crippen molar-refractivity contribution in [3.8, 4) is 6.07 Å². The first-order valence-corrected chi connectivity index (χ1v) is 10.8. The minimum absolute atomic E-state index is 0.0218. The number of amides is 2. The average molecular weight is 445 g/mol. The van der Waals surface area contributed by atoms with Crippen molar-refractivity contribution in [3.63, 3.8) is 0 Å². The molecular formula is C22H22F3N5O2. The molecule has 0 radical (unpaired) electrons. The first-order valence-electron chi connectivity index (χ1n) is 10.8. The van der Waals surface area contributed by atoms with Crippen molar-refractivity contribution in [1.29, 1.82) is 5.26 Å². The summed E-state index contributed by atoms with van der Waals surface area (Å²) in [5.41, 5.74) is -1.52. The molecule has 0 aromatic carbocycles. The summed E-state index contributed by atoms with van der Waals surface area (Å²) in [6, 6.07) is 3.11. The van der Waals surface area contributed by atoms with Gasteiger partial charge in [-0.05, 0) is 49.1 Å². The van der Waals surface area contributed by atoms with Gasteiger partial charge in [0.05, 0.1) is 5.56 Å². The Bertz CT molecular complexity index is 1150. The second-order valence-corrected chi connectivity index (χ2v) is 9.12. The molecule has 0 N–H and O–H groups in total. The number of halogens is 3. The highest BCUT2D eigenvalue weighted by Crippen LogP contribution is 2.43. The third-order valence-corrected chi connectivity index (χ3v) is 6.74. The molecule has 0 spiro atoms. The number of carbonyl (C=O) groups is 2. The predicted octanol–water partition coefficient (Wildman–Crippen LogP) is 3.19. The van der Waals surface area contributed by atoms with E-state index in [1.54, 1.807) is 4.90 Å². The van der Waals surface area contributed by atoms with E-state index >= 15 is 0 Å². The molecule has 10 heteroatoms. The lowest BCUT2D eigenvalue weighted by Gasteiger charge is -2.45. The van der Waals surface area contributed by atoms with Gasteiger partial charge in [-0.15, -0.1) is 0 Å². The number of aromatic nitrogens is 2. The molecule has 7 nitrogen and oxygen atoms in total. The Balaban J connectivity index is 1.48. The van der Waals surface area contributed by atoms with Crippen molar-refractivity contribution < 1.29 is 22.8 Å². The van der Waals surface area contributed by atoms with Crippen LogP contribution in [-0.2, 0) is 11.0 Å². The van der Waals surface area contributed by atoms with Gasteiger partial charge in [-0.2, -0.15) is 18.4 Å². The molecular weight excluding hydrogens is 423 g/mol. The molecule has 1 saturated heterocycles. The molecule has 2 amide bonds. The number of nitriles is 1. The summed E-state index contributed by atoms with van der Waals surface area (Å²) in [5, 5.41) is 9.68. The largest absolute Gasteiger partial charge is 0.419 e. The highest BCUT2D eigenvalue weighted by atomic mass is 19.4. The minimum atomic E-state index is -4.67. The SMILES string of the molecule is C[C@H]1C[C@@H](N2CCN(C(=O)c3nc4c(C(F)(F)F)cc(C5CC5)cn4c3C#N)CC2=O)C1. The van der Waals surface area contributed by atoms with Crippen LogP contribution >= 0.6 is 0 Å². The zero-order chi connectivity index (χ0) is 22.8. The summed E-state index contributed by atoms with van der Waals surface area (Å²) in [4.78, 5) is 32.8. The van der Waals surface area contributed by atoms with Crippen molar-refractivity contribution in [2.75, 3.05) is 19.6 Å². The Morgan fingerprint density at radius 3 is 2.53 bits per heavy atom. The van der Waals surface area contributed by atoms with Gasteiger partial charge in [0.2, 0.25) is 5.91 Å². The highest BCUT2D eigenvalue weighted by Gasteiger charge is 2.40. The van der Waals surface area contributed by atoms with Crippen LogP contribution in [0.15, 0.2) is 12.3 Å². The van der Waals surface area contributed by atoms with Gasteiger partial charge in [-0.25, -0.2) is 4.98 Å². The van der Waals surface area contributed by atoms with Crippen LogP contribution in [0.3, 0.4) is 0 Å². The number of rotatable bonds is 3. The molecule has 0 atom stereocenters. The van der Waals surface area contributed by atoms with Gasteiger partial charge in [-0.1, -0.05) is 6.92 Å². The molecule has 0 unspecified atom stereocenters. The number of fused-ring (bicyclic) bond motifs is 1. The van der Waals surface area contributed by atoms with Crippen molar-refractivity contribution in [2.45, 2.75) is 50.7 Å². The number of nitrogens with zero attached hydrogens (tertiary/aromatic N) is 5. The molecule has 3 fully saturated rings. The van der Waals surface area contributed by atoms with Gasteiger partial charge in [-0.3, -0.25) is 14.0 Å². The lowest BCUT2D eigenvalue weighted by atomic mass is 9.80. The zero-order valence-electron chi connectivity index (χ0n) is 17.5. The number of piperazine rings is 1. The molecule has 5 rings (SSSR count). The van der Waals surface area contributed by atoms with E-state index < -0.39 is 23.3 Å². The second-order valence-electron chi connectivity index (χ2n) is 9.12. The van der Waals surface area contributed by atoms with Gasteiger partial charge in [0.25, 0.3) is 5.91 Å². The van der Waals surface area contributed by atoms with E-state index in [-0.39, 0.29) is 42.3 Å². The van der Waals surface area contributed by atoms with E-state index in [1.807, 2.05) is 6.07 Å². The van der Waals surface area contributed by atoms with Crippen LogP contribution in [0.2, 0.25) is 0 Å². The van der Waals surface area contributed by atoms with E-state index in [9.17, 15) is 28.0 Å². The molecule has 2 aromatic heterocycles. The van der Waals surface area contributed by atoms with E-state index in [4.69, 9.17) is 0 Å². The van der Waals surface area contributed by atoms with Crippen LogP contribution in [0.4, 0.5) is 13.2 Å². The molecule has 2 saturated carbocycles. The number of carbonyl (C=O) groups excluding carboxylic acids is 2. The van der Waals surface area contributed by atoms with Gasteiger partial charge >= 0.3 is 6.18 Å². The van der Waals surface area contributed by atoms with Crippen molar-refractivity contribution in [3.05, 3.63) is 34.8 Å². The van der Waals surface area contributed by atoms with Crippen LogP contribution in [-0.4, -0.2) is 56.7 Å². The number of hydrogen-bond acceptors (Lipinski definition) is 4. The van der Waals surface area contributed by atoms with Gasteiger partial charge in [0, 0.05) is 25.3 Å². The van der Waals surface area contributed by atoms with Gasteiger partial charge in [0.1, 0.15) is 12.6 Å². The lowest BCUT2D eigenvalue weighted by Crippen LogP contribution is -2.58. The summed E-state index contributed by atoms with van der Waals surface area (Å²) in [7, 11) is 0. The van der Waals surface area contributed by atoms with E-state index in [0.29, 0.717) is 18.0 Å². The topological polar surface area (TPSA) is 81.7 Å². The van der Waals surface area contributed by atoms with Crippen LogP contribution in [0.25, 0.3) is 5.65 Å². The zero-order valence-corrected chi connectivity index (χ0v) is 17.5. The Labute approximate surface area is 182 Å². The number of hydrogen-bond donors (Lipinski definition) is 0. The summed E-state index contributed by atoms with van der Waals surface area (Å²) < 4.78 is 42.3. The molecule has 2 aliphatic carbocycles.